The number of aromatic nitrogens is 1. The molecule has 3 aromatic rings. The van der Waals surface area contributed by atoms with E-state index in [1.807, 2.05) is 42.5 Å². The fourth-order valence-corrected chi connectivity index (χ4v) is 2.39. The molecule has 110 valence electrons. The van der Waals surface area contributed by atoms with Crippen LogP contribution in [0.4, 0.5) is 0 Å². The van der Waals surface area contributed by atoms with Gasteiger partial charge in [0.2, 0.25) is 5.43 Å². The maximum absolute atomic E-state index is 12.4. The molecule has 2 aromatic carbocycles. The summed E-state index contributed by atoms with van der Waals surface area (Å²) in [7, 11) is 0. The molecule has 22 heavy (non-hydrogen) atoms. The molecular formula is C18H15NO3. The SMILES string of the molecule is CCOC(=O)c1c[nH]c2cc(-c3ccccc3)ccc2c1=O. The van der Waals surface area contributed by atoms with Gasteiger partial charge in [0.1, 0.15) is 5.56 Å². The van der Waals surface area contributed by atoms with Crippen LogP contribution in [0.15, 0.2) is 59.5 Å². The fraction of sp³-hybridized carbons (Fsp3) is 0.111. The number of nitrogens with one attached hydrogen (secondary N) is 1. The van der Waals surface area contributed by atoms with E-state index in [2.05, 4.69) is 4.98 Å². The van der Waals surface area contributed by atoms with Crippen LogP contribution >= 0.6 is 0 Å². The minimum Gasteiger partial charge on any atom is -0.462 e. The van der Waals surface area contributed by atoms with Crippen molar-refractivity contribution in [3.8, 4) is 11.1 Å². The Morgan fingerprint density at radius 3 is 2.59 bits per heavy atom. The van der Waals surface area contributed by atoms with E-state index in [0.29, 0.717) is 10.9 Å². The molecule has 4 heteroatoms. The van der Waals surface area contributed by atoms with Crippen molar-refractivity contribution in [3.05, 3.63) is 70.5 Å². The minimum atomic E-state index is -0.599. The van der Waals surface area contributed by atoms with Crippen LogP contribution in [0.2, 0.25) is 0 Å². The second kappa shape index (κ2) is 5.85. The largest absolute Gasteiger partial charge is 0.462 e. The molecule has 0 radical (unpaired) electrons. The molecule has 1 heterocycles. The van der Waals surface area contributed by atoms with Gasteiger partial charge in [-0.2, -0.15) is 0 Å². The minimum absolute atomic E-state index is 0.0295. The zero-order valence-corrected chi connectivity index (χ0v) is 12.1. The van der Waals surface area contributed by atoms with Gasteiger partial charge in [0.05, 0.1) is 6.61 Å². The average Bonchev–Trinajstić information content (AvgIpc) is 2.56. The van der Waals surface area contributed by atoms with E-state index in [0.717, 1.165) is 11.1 Å². The predicted octanol–water partition coefficient (Wildman–Crippen LogP) is 3.37. The quantitative estimate of drug-likeness (QED) is 0.753. The van der Waals surface area contributed by atoms with E-state index < -0.39 is 5.97 Å². The van der Waals surface area contributed by atoms with Crippen LogP contribution in [0.5, 0.6) is 0 Å². The van der Waals surface area contributed by atoms with E-state index in [9.17, 15) is 9.59 Å². The first-order valence-corrected chi connectivity index (χ1v) is 7.08. The van der Waals surface area contributed by atoms with Gasteiger partial charge in [-0.25, -0.2) is 4.79 Å². The summed E-state index contributed by atoms with van der Waals surface area (Å²) < 4.78 is 4.89. The van der Waals surface area contributed by atoms with Gasteiger partial charge in [-0.15, -0.1) is 0 Å². The highest BCUT2D eigenvalue weighted by atomic mass is 16.5. The summed E-state index contributed by atoms with van der Waals surface area (Å²) in [5, 5.41) is 0.477. The van der Waals surface area contributed by atoms with Crippen molar-refractivity contribution < 1.29 is 9.53 Å². The first-order chi connectivity index (χ1) is 10.7. The maximum Gasteiger partial charge on any atom is 0.343 e. The molecule has 0 spiro atoms. The van der Waals surface area contributed by atoms with E-state index in [1.165, 1.54) is 6.20 Å². The number of benzene rings is 2. The summed E-state index contributed by atoms with van der Waals surface area (Å²) in [6.07, 6.45) is 1.41. The van der Waals surface area contributed by atoms with Gasteiger partial charge >= 0.3 is 5.97 Å². The number of esters is 1. The maximum atomic E-state index is 12.4. The van der Waals surface area contributed by atoms with Gasteiger partial charge < -0.3 is 9.72 Å². The number of hydrogen-bond donors (Lipinski definition) is 1. The second-order valence-corrected chi connectivity index (χ2v) is 4.88. The Balaban J connectivity index is 2.11. The third-order valence-corrected chi connectivity index (χ3v) is 3.48. The molecule has 0 atom stereocenters. The average molecular weight is 293 g/mol. The van der Waals surface area contributed by atoms with Crippen LogP contribution in [0.1, 0.15) is 17.3 Å². The van der Waals surface area contributed by atoms with Crippen molar-refractivity contribution in [2.45, 2.75) is 6.92 Å². The van der Waals surface area contributed by atoms with Gasteiger partial charge in [-0.3, -0.25) is 4.79 Å². The van der Waals surface area contributed by atoms with Crippen molar-refractivity contribution in [1.82, 2.24) is 4.98 Å². The lowest BCUT2D eigenvalue weighted by molar-refractivity contribution is 0.0524. The van der Waals surface area contributed by atoms with E-state index in [1.54, 1.807) is 13.0 Å². The van der Waals surface area contributed by atoms with Crippen molar-refractivity contribution >= 4 is 16.9 Å². The predicted molar refractivity (Wildman–Crippen MR) is 86.0 cm³/mol. The molecular weight excluding hydrogens is 278 g/mol. The summed E-state index contributed by atoms with van der Waals surface area (Å²) in [5.41, 5.74) is 2.49. The summed E-state index contributed by atoms with van der Waals surface area (Å²) in [6.45, 7) is 1.95. The molecule has 0 aliphatic carbocycles. The van der Waals surface area contributed by atoms with Gasteiger partial charge in [0.15, 0.2) is 0 Å². The van der Waals surface area contributed by atoms with Crippen LogP contribution in [0.3, 0.4) is 0 Å². The second-order valence-electron chi connectivity index (χ2n) is 4.88. The highest BCUT2D eigenvalue weighted by molar-refractivity contribution is 5.94. The standard InChI is InChI=1S/C18H15NO3/c1-2-22-18(21)15-11-19-16-10-13(8-9-14(16)17(15)20)12-6-4-3-5-7-12/h3-11H,2H2,1H3,(H,19,20). The molecule has 0 unspecified atom stereocenters. The van der Waals surface area contributed by atoms with E-state index in [-0.39, 0.29) is 17.6 Å². The molecule has 0 fully saturated rings. The van der Waals surface area contributed by atoms with Crippen LogP contribution in [0, 0.1) is 0 Å². The smallest absolute Gasteiger partial charge is 0.343 e. The first kappa shape index (κ1) is 14.1. The lowest BCUT2D eigenvalue weighted by Crippen LogP contribution is -2.18. The molecule has 0 saturated carbocycles. The number of ether oxygens (including phenoxy) is 1. The Hall–Kier alpha value is -2.88. The molecule has 0 amide bonds. The molecule has 3 rings (SSSR count). The lowest BCUT2D eigenvalue weighted by Gasteiger charge is -2.06. The topological polar surface area (TPSA) is 59.2 Å². The van der Waals surface area contributed by atoms with Crippen LogP contribution < -0.4 is 5.43 Å². The first-order valence-electron chi connectivity index (χ1n) is 7.08. The van der Waals surface area contributed by atoms with Crippen LogP contribution in [-0.2, 0) is 4.74 Å². The van der Waals surface area contributed by atoms with E-state index in [4.69, 9.17) is 4.74 Å². The number of carbonyl (C=O) groups is 1. The summed E-state index contributed by atoms with van der Waals surface area (Å²) in [5.74, 6) is -0.599. The van der Waals surface area contributed by atoms with E-state index >= 15 is 0 Å². The van der Waals surface area contributed by atoms with Crippen molar-refractivity contribution in [2.75, 3.05) is 6.61 Å². The molecule has 0 aliphatic rings. The number of fused-ring (bicyclic) bond motifs is 1. The van der Waals surface area contributed by atoms with Gasteiger partial charge in [0.25, 0.3) is 0 Å². The Labute approximate surface area is 127 Å². The Morgan fingerprint density at radius 1 is 1.09 bits per heavy atom. The third-order valence-electron chi connectivity index (χ3n) is 3.48. The molecule has 0 bridgehead atoms. The Kier molecular flexibility index (Phi) is 3.74. The lowest BCUT2D eigenvalue weighted by atomic mass is 10.0. The van der Waals surface area contributed by atoms with Gasteiger partial charge in [-0.1, -0.05) is 36.4 Å². The van der Waals surface area contributed by atoms with Crippen molar-refractivity contribution in [3.63, 3.8) is 0 Å². The number of carbonyl (C=O) groups excluding carboxylic acids is 1. The highest BCUT2D eigenvalue weighted by Gasteiger charge is 2.14. The zero-order chi connectivity index (χ0) is 15.5. The monoisotopic (exact) mass is 293 g/mol. The number of aromatic amines is 1. The Morgan fingerprint density at radius 2 is 1.86 bits per heavy atom. The summed E-state index contributed by atoms with van der Waals surface area (Å²) in [6, 6.07) is 15.4. The molecule has 0 saturated heterocycles. The third kappa shape index (κ3) is 2.51. The number of rotatable bonds is 3. The number of hydrogen-bond acceptors (Lipinski definition) is 3. The molecule has 0 aliphatic heterocycles. The molecule has 1 N–H and O–H groups in total. The van der Waals surface area contributed by atoms with Crippen LogP contribution in [-0.4, -0.2) is 17.6 Å². The molecule has 4 nitrogen and oxygen atoms in total. The number of pyridine rings is 1. The van der Waals surface area contributed by atoms with Gasteiger partial charge in [-0.05, 0) is 30.2 Å². The normalized spacial score (nSPS) is 10.6. The van der Waals surface area contributed by atoms with Gasteiger partial charge in [0, 0.05) is 17.1 Å². The highest BCUT2D eigenvalue weighted by Crippen LogP contribution is 2.22. The summed E-state index contributed by atoms with van der Waals surface area (Å²) in [4.78, 5) is 27.1. The molecule has 1 aromatic heterocycles. The number of H-pyrrole nitrogens is 1. The summed E-state index contributed by atoms with van der Waals surface area (Å²) >= 11 is 0. The van der Waals surface area contributed by atoms with Crippen molar-refractivity contribution in [2.24, 2.45) is 0 Å². The Bertz CT molecular complexity index is 882. The zero-order valence-electron chi connectivity index (χ0n) is 12.1. The van der Waals surface area contributed by atoms with Crippen LogP contribution in [0.25, 0.3) is 22.0 Å². The van der Waals surface area contributed by atoms with Crippen molar-refractivity contribution in [1.29, 1.82) is 0 Å². The fourth-order valence-electron chi connectivity index (χ4n) is 2.39.